The van der Waals surface area contributed by atoms with E-state index >= 15 is 0 Å². The second-order valence-corrected chi connectivity index (χ2v) is 1.50. The molecule has 0 atom stereocenters. The van der Waals surface area contributed by atoms with Crippen LogP contribution in [-0.4, -0.2) is 19.0 Å². The number of hydrogen-bond donors (Lipinski definition) is 0. The van der Waals surface area contributed by atoms with Crippen LogP contribution in [0.1, 0.15) is 13.8 Å². The van der Waals surface area contributed by atoms with Crippen molar-refractivity contribution in [2.24, 2.45) is 0 Å². The molecule has 0 spiro atoms. The Morgan fingerprint density at radius 3 is 2.43 bits per heavy atom. The standard InChI is InChI=1S/C5H9O2/c1-5(2)7-4-3-6/h5H,4H2,1-2H3. The molecule has 0 aliphatic rings. The predicted molar refractivity (Wildman–Crippen MR) is 26.8 cm³/mol. The second-order valence-electron chi connectivity index (χ2n) is 1.50. The van der Waals surface area contributed by atoms with Crippen molar-refractivity contribution in [2.45, 2.75) is 20.0 Å². The molecule has 0 N–H and O–H groups in total. The molecule has 0 rings (SSSR count). The summed E-state index contributed by atoms with van der Waals surface area (Å²) in [6.45, 7) is 3.84. The van der Waals surface area contributed by atoms with Crippen molar-refractivity contribution in [3.63, 3.8) is 0 Å². The first-order valence-corrected chi connectivity index (χ1v) is 2.24. The maximum Gasteiger partial charge on any atom is 0.226 e. The Morgan fingerprint density at radius 2 is 2.29 bits per heavy atom. The van der Waals surface area contributed by atoms with Gasteiger partial charge < -0.3 is 4.74 Å². The van der Waals surface area contributed by atoms with Crippen LogP contribution in [0.25, 0.3) is 0 Å². The average Bonchev–Trinajstić information content (AvgIpc) is 1.61. The Balaban J connectivity index is 2.81. The van der Waals surface area contributed by atoms with E-state index < -0.39 is 0 Å². The minimum absolute atomic E-state index is 0.0949. The van der Waals surface area contributed by atoms with Crippen LogP contribution in [0.4, 0.5) is 0 Å². The van der Waals surface area contributed by atoms with Gasteiger partial charge in [0.1, 0.15) is 6.61 Å². The van der Waals surface area contributed by atoms with E-state index in [4.69, 9.17) is 4.74 Å². The number of rotatable bonds is 3. The first-order chi connectivity index (χ1) is 3.27. The number of ether oxygens (including phenoxy) is 1. The lowest BCUT2D eigenvalue weighted by molar-refractivity contribution is 0.109. The van der Waals surface area contributed by atoms with E-state index in [9.17, 15) is 4.79 Å². The fourth-order valence-electron chi connectivity index (χ4n) is 0.201. The molecular weight excluding hydrogens is 92.1 g/mol. The molecule has 0 bridgehead atoms. The van der Waals surface area contributed by atoms with Gasteiger partial charge in [0.2, 0.25) is 6.29 Å². The highest BCUT2D eigenvalue weighted by atomic mass is 16.5. The molecule has 1 radical (unpaired) electrons. The Hall–Kier alpha value is -0.370. The topological polar surface area (TPSA) is 26.3 Å². The molecule has 0 unspecified atom stereocenters. The monoisotopic (exact) mass is 101 g/mol. The molecule has 0 amide bonds. The van der Waals surface area contributed by atoms with Crippen LogP contribution in [0.15, 0.2) is 0 Å². The summed E-state index contributed by atoms with van der Waals surface area (Å²) in [4.78, 5) is 9.46. The first-order valence-electron chi connectivity index (χ1n) is 2.24. The van der Waals surface area contributed by atoms with Crippen molar-refractivity contribution in [3.05, 3.63) is 0 Å². The SMILES string of the molecule is CC(C)OC[C]=O. The lowest BCUT2D eigenvalue weighted by Gasteiger charge is -1.99. The lowest BCUT2D eigenvalue weighted by Crippen LogP contribution is -2.03. The zero-order valence-electron chi connectivity index (χ0n) is 4.60. The van der Waals surface area contributed by atoms with Crippen LogP contribution in [0.5, 0.6) is 0 Å². The van der Waals surface area contributed by atoms with Gasteiger partial charge in [0.05, 0.1) is 6.10 Å². The summed E-state index contributed by atoms with van der Waals surface area (Å²) >= 11 is 0. The third-order valence-electron chi connectivity index (χ3n) is 0.476. The Labute approximate surface area is 43.5 Å². The lowest BCUT2D eigenvalue weighted by atomic mass is 10.5. The smallest absolute Gasteiger partial charge is 0.226 e. The van der Waals surface area contributed by atoms with Gasteiger partial charge in [0, 0.05) is 0 Å². The largest absolute Gasteiger partial charge is 0.371 e. The molecule has 0 aliphatic heterocycles. The zero-order chi connectivity index (χ0) is 5.70. The molecule has 0 aliphatic carbocycles. The highest BCUT2D eigenvalue weighted by Crippen LogP contribution is 1.82. The summed E-state index contributed by atoms with van der Waals surface area (Å²) < 4.78 is 4.77. The Morgan fingerprint density at radius 1 is 1.71 bits per heavy atom. The Kier molecular flexibility index (Phi) is 3.61. The molecular formula is C5H9O2. The molecule has 2 heteroatoms. The van der Waals surface area contributed by atoms with Gasteiger partial charge >= 0.3 is 0 Å². The minimum atomic E-state index is 0.0949. The third-order valence-corrected chi connectivity index (χ3v) is 0.476. The molecule has 0 aromatic carbocycles. The quantitative estimate of drug-likeness (QED) is 0.518. The molecule has 0 aromatic heterocycles. The van der Waals surface area contributed by atoms with E-state index in [1.807, 2.05) is 13.8 Å². The molecule has 41 valence electrons. The van der Waals surface area contributed by atoms with E-state index in [1.165, 1.54) is 0 Å². The molecule has 2 nitrogen and oxygen atoms in total. The predicted octanol–water partition coefficient (Wildman–Crippen LogP) is 0.521. The first kappa shape index (κ1) is 6.63. The average molecular weight is 101 g/mol. The maximum absolute atomic E-state index is 9.46. The van der Waals surface area contributed by atoms with Gasteiger partial charge in [-0.3, -0.25) is 4.79 Å². The Bertz CT molecular complexity index is 50.0. The van der Waals surface area contributed by atoms with E-state index in [0.717, 1.165) is 0 Å². The van der Waals surface area contributed by atoms with Gasteiger partial charge in [0.25, 0.3) is 0 Å². The molecule has 0 saturated carbocycles. The van der Waals surface area contributed by atoms with Gasteiger partial charge in [-0.05, 0) is 13.8 Å². The number of hydrogen-bond acceptors (Lipinski definition) is 2. The summed E-state index contributed by atoms with van der Waals surface area (Å²) in [6.07, 6.45) is 1.77. The van der Waals surface area contributed by atoms with E-state index in [2.05, 4.69) is 0 Å². The van der Waals surface area contributed by atoms with E-state index in [-0.39, 0.29) is 12.7 Å². The van der Waals surface area contributed by atoms with Gasteiger partial charge in [-0.1, -0.05) is 0 Å². The van der Waals surface area contributed by atoms with Crippen molar-refractivity contribution in [1.29, 1.82) is 0 Å². The van der Waals surface area contributed by atoms with Gasteiger partial charge in [0.15, 0.2) is 0 Å². The summed E-state index contributed by atoms with van der Waals surface area (Å²) in [5.74, 6) is 0. The van der Waals surface area contributed by atoms with Crippen LogP contribution < -0.4 is 0 Å². The van der Waals surface area contributed by atoms with E-state index in [0.29, 0.717) is 0 Å². The molecule has 7 heavy (non-hydrogen) atoms. The minimum Gasteiger partial charge on any atom is -0.371 e. The number of carbonyl (C=O) groups excluding carboxylic acids is 1. The van der Waals surface area contributed by atoms with Crippen molar-refractivity contribution in [1.82, 2.24) is 0 Å². The summed E-state index contributed by atoms with van der Waals surface area (Å²) in [5.41, 5.74) is 0. The van der Waals surface area contributed by atoms with Crippen LogP contribution >= 0.6 is 0 Å². The van der Waals surface area contributed by atoms with Crippen molar-refractivity contribution < 1.29 is 9.53 Å². The molecule has 0 saturated heterocycles. The van der Waals surface area contributed by atoms with Crippen LogP contribution in [0, 0.1) is 0 Å². The maximum atomic E-state index is 9.46. The van der Waals surface area contributed by atoms with Crippen LogP contribution in [-0.2, 0) is 9.53 Å². The van der Waals surface area contributed by atoms with Crippen LogP contribution in [0.3, 0.4) is 0 Å². The van der Waals surface area contributed by atoms with Gasteiger partial charge in [-0.25, -0.2) is 0 Å². The summed E-state index contributed by atoms with van der Waals surface area (Å²) in [7, 11) is 0. The highest BCUT2D eigenvalue weighted by Gasteiger charge is 1.88. The molecule has 0 heterocycles. The fraction of sp³-hybridized carbons (Fsp3) is 0.800. The summed E-state index contributed by atoms with van der Waals surface area (Å²) in [5, 5.41) is 0. The summed E-state index contributed by atoms with van der Waals surface area (Å²) in [6, 6.07) is 0. The van der Waals surface area contributed by atoms with Crippen LogP contribution in [0.2, 0.25) is 0 Å². The van der Waals surface area contributed by atoms with Crippen molar-refractivity contribution in [2.75, 3.05) is 6.61 Å². The van der Waals surface area contributed by atoms with Crippen molar-refractivity contribution in [3.8, 4) is 0 Å². The van der Waals surface area contributed by atoms with Gasteiger partial charge in [-0.2, -0.15) is 0 Å². The molecule has 0 aromatic rings. The molecule has 0 fully saturated rings. The van der Waals surface area contributed by atoms with E-state index in [1.54, 1.807) is 6.29 Å². The zero-order valence-corrected chi connectivity index (χ0v) is 4.60. The normalized spacial score (nSPS) is 9.57. The fourth-order valence-corrected chi connectivity index (χ4v) is 0.201. The van der Waals surface area contributed by atoms with Gasteiger partial charge in [-0.15, -0.1) is 0 Å². The highest BCUT2D eigenvalue weighted by molar-refractivity contribution is 5.51. The second kappa shape index (κ2) is 3.81. The van der Waals surface area contributed by atoms with Crippen molar-refractivity contribution >= 4 is 6.29 Å². The third kappa shape index (κ3) is 5.63.